The van der Waals surface area contributed by atoms with E-state index in [0.29, 0.717) is 10.8 Å². The Morgan fingerprint density at radius 3 is 2.40 bits per heavy atom. The van der Waals surface area contributed by atoms with Gasteiger partial charge in [0.25, 0.3) is 0 Å². The van der Waals surface area contributed by atoms with Crippen molar-refractivity contribution in [2.75, 3.05) is 7.11 Å². The summed E-state index contributed by atoms with van der Waals surface area (Å²) in [6.45, 7) is 1.91. The summed E-state index contributed by atoms with van der Waals surface area (Å²) < 4.78 is 11.2. The van der Waals surface area contributed by atoms with E-state index in [9.17, 15) is 0 Å². The van der Waals surface area contributed by atoms with Crippen molar-refractivity contribution in [1.82, 2.24) is 0 Å². The Labute approximate surface area is 124 Å². The van der Waals surface area contributed by atoms with Crippen molar-refractivity contribution < 1.29 is 9.47 Å². The fraction of sp³-hybridized carbons (Fsp3) is 0.250. The van der Waals surface area contributed by atoms with Gasteiger partial charge in [-0.15, -0.1) is 0 Å². The van der Waals surface area contributed by atoms with Gasteiger partial charge in [0.15, 0.2) is 0 Å². The monoisotopic (exact) mass is 291 g/mol. The lowest BCUT2D eigenvalue weighted by atomic mass is 10.0. The molecule has 0 radical (unpaired) electrons. The van der Waals surface area contributed by atoms with Crippen LogP contribution < -0.4 is 15.2 Å². The van der Waals surface area contributed by atoms with E-state index in [1.807, 2.05) is 43.3 Å². The molecule has 0 spiro atoms. The topological polar surface area (TPSA) is 44.5 Å². The molecule has 0 aliphatic heterocycles. The fourth-order valence-electron chi connectivity index (χ4n) is 1.98. The van der Waals surface area contributed by atoms with Gasteiger partial charge >= 0.3 is 0 Å². The second-order valence-electron chi connectivity index (χ2n) is 4.63. The third-order valence-corrected chi connectivity index (χ3v) is 3.19. The van der Waals surface area contributed by atoms with Gasteiger partial charge in [-0.05, 0) is 42.8 Å². The van der Waals surface area contributed by atoms with Crippen LogP contribution in [0.2, 0.25) is 5.02 Å². The Hall–Kier alpha value is -1.71. The first kappa shape index (κ1) is 14.7. The summed E-state index contributed by atoms with van der Waals surface area (Å²) in [6, 6.07) is 14.8. The standard InChI is InChI=1S/C16H18ClNO2/c1-11(18)16(12-5-3-7-14(9-12)19-2)20-15-8-4-6-13(17)10-15/h3-11,16H,18H2,1-2H3. The smallest absolute Gasteiger partial charge is 0.139 e. The van der Waals surface area contributed by atoms with Crippen LogP contribution in [0.3, 0.4) is 0 Å². The highest BCUT2D eigenvalue weighted by atomic mass is 35.5. The van der Waals surface area contributed by atoms with Gasteiger partial charge < -0.3 is 15.2 Å². The van der Waals surface area contributed by atoms with Crippen LogP contribution >= 0.6 is 11.6 Å². The highest BCUT2D eigenvalue weighted by Gasteiger charge is 2.19. The minimum absolute atomic E-state index is 0.166. The summed E-state index contributed by atoms with van der Waals surface area (Å²) in [5, 5.41) is 0.636. The molecule has 0 saturated heterocycles. The van der Waals surface area contributed by atoms with Crippen molar-refractivity contribution in [3.8, 4) is 11.5 Å². The number of rotatable bonds is 5. The predicted octanol–water partition coefficient (Wildman–Crippen LogP) is 3.82. The molecule has 0 aromatic heterocycles. The van der Waals surface area contributed by atoms with Crippen molar-refractivity contribution in [3.63, 3.8) is 0 Å². The molecule has 3 nitrogen and oxygen atoms in total. The van der Waals surface area contributed by atoms with Gasteiger partial charge in [-0.3, -0.25) is 0 Å². The van der Waals surface area contributed by atoms with Gasteiger partial charge in [-0.2, -0.15) is 0 Å². The SMILES string of the molecule is COc1cccc(C(Oc2cccc(Cl)c2)C(C)N)c1. The molecule has 4 heteroatoms. The Balaban J connectivity index is 2.27. The predicted molar refractivity (Wildman–Crippen MR) is 81.5 cm³/mol. The van der Waals surface area contributed by atoms with E-state index < -0.39 is 0 Å². The number of hydrogen-bond donors (Lipinski definition) is 1. The van der Waals surface area contributed by atoms with E-state index >= 15 is 0 Å². The summed E-state index contributed by atoms with van der Waals surface area (Å²) >= 11 is 5.97. The van der Waals surface area contributed by atoms with E-state index in [4.69, 9.17) is 26.8 Å². The Morgan fingerprint density at radius 1 is 1.05 bits per heavy atom. The van der Waals surface area contributed by atoms with Crippen molar-refractivity contribution in [2.45, 2.75) is 19.1 Å². The van der Waals surface area contributed by atoms with Crippen molar-refractivity contribution in [3.05, 3.63) is 59.1 Å². The molecule has 0 bridgehead atoms. The first-order valence-electron chi connectivity index (χ1n) is 6.42. The zero-order chi connectivity index (χ0) is 14.5. The highest BCUT2D eigenvalue weighted by Crippen LogP contribution is 2.28. The fourth-order valence-corrected chi connectivity index (χ4v) is 2.16. The number of methoxy groups -OCH3 is 1. The van der Waals surface area contributed by atoms with E-state index in [1.165, 1.54) is 0 Å². The van der Waals surface area contributed by atoms with Crippen LogP contribution in [0.15, 0.2) is 48.5 Å². The summed E-state index contributed by atoms with van der Waals surface area (Å²) in [7, 11) is 1.64. The normalized spacial score (nSPS) is 13.6. The van der Waals surface area contributed by atoms with Crippen LogP contribution in [-0.4, -0.2) is 13.2 Å². The number of benzene rings is 2. The third-order valence-electron chi connectivity index (χ3n) is 2.96. The zero-order valence-electron chi connectivity index (χ0n) is 11.5. The summed E-state index contributed by atoms with van der Waals surface area (Å²) in [4.78, 5) is 0. The lowest BCUT2D eigenvalue weighted by Crippen LogP contribution is -2.29. The number of hydrogen-bond acceptors (Lipinski definition) is 3. The van der Waals surface area contributed by atoms with Crippen LogP contribution in [0.25, 0.3) is 0 Å². The van der Waals surface area contributed by atoms with E-state index in [1.54, 1.807) is 19.2 Å². The maximum Gasteiger partial charge on any atom is 0.139 e. The van der Waals surface area contributed by atoms with Crippen molar-refractivity contribution >= 4 is 11.6 Å². The maximum atomic E-state index is 6.05. The molecule has 2 N–H and O–H groups in total. The van der Waals surface area contributed by atoms with Gasteiger partial charge in [0, 0.05) is 11.1 Å². The Kier molecular flexibility index (Phi) is 4.88. The molecule has 2 unspecified atom stereocenters. The molecule has 0 heterocycles. The average molecular weight is 292 g/mol. The lowest BCUT2D eigenvalue weighted by Gasteiger charge is -2.23. The second kappa shape index (κ2) is 6.64. The minimum Gasteiger partial charge on any atom is -0.497 e. The van der Waals surface area contributed by atoms with Gasteiger partial charge in [0.05, 0.1) is 7.11 Å². The van der Waals surface area contributed by atoms with Crippen LogP contribution in [0.5, 0.6) is 11.5 Å². The average Bonchev–Trinajstić information content (AvgIpc) is 2.44. The summed E-state index contributed by atoms with van der Waals surface area (Å²) in [6.07, 6.45) is -0.261. The van der Waals surface area contributed by atoms with E-state index in [2.05, 4.69) is 0 Å². The summed E-state index contributed by atoms with van der Waals surface area (Å²) in [5.41, 5.74) is 7.02. The molecule has 20 heavy (non-hydrogen) atoms. The second-order valence-corrected chi connectivity index (χ2v) is 5.07. The lowest BCUT2D eigenvalue weighted by molar-refractivity contribution is 0.180. The molecular weight excluding hydrogens is 274 g/mol. The van der Waals surface area contributed by atoms with Crippen molar-refractivity contribution in [2.24, 2.45) is 5.73 Å². The van der Waals surface area contributed by atoms with Crippen LogP contribution in [-0.2, 0) is 0 Å². The largest absolute Gasteiger partial charge is 0.497 e. The zero-order valence-corrected chi connectivity index (χ0v) is 12.3. The van der Waals surface area contributed by atoms with Gasteiger partial charge in [-0.1, -0.05) is 29.8 Å². The van der Waals surface area contributed by atoms with Crippen LogP contribution in [0.1, 0.15) is 18.6 Å². The number of halogens is 1. The molecule has 0 aliphatic carbocycles. The minimum atomic E-state index is -0.261. The number of nitrogens with two attached hydrogens (primary N) is 1. The van der Waals surface area contributed by atoms with Gasteiger partial charge in [-0.25, -0.2) is 0 Å². The van der Waals surface area contributed by atoms with Crippen LogP contribution in [0, 0.1) is 0 Å². The third kappa shape index (κ3) is 3.65. The maximum absolute atomic E-state index is 6.05. The molecule has 2 rings (SSSR count). The Morgan fingerprint density at radius 2 is 1.75 bits per heavy atom. The molecule has 0 fully saturated rings. The first-order chi connectivity index (χ1) is 9.60. The van der Waals surface area contributed by atoms with Crippen LogP contribution in [0.4, 0.5) is 0 Å². The van der Waals surface area contributed by atoms with E-state index in [-0.39, 0.29) is 12.1 Å². The Bertz CT molecular complexity index is 572. The number of ether oxygens (including phenoxy) is 2. The molecule has 2 atom stereocenters. The first-order valence-corrected chi connectivity index (χ1v) is 6.79. The van der Waals surface area contributed by atoms with Gasteiger partial charge in [0.1, 0.15) is 17.6 Å². The van der Waals surface area contributed by atoms with Crippen molar-refractivity contribution in [1.29, 1.82) is 0 Å². The molecular formula is C16H18ClNO2. The quantitative estimate of drug-likeness (QED) is 0.911. The van der Waals surface area contributed by atoms with E-state index in [0.717, 1.165) is 11.3 Å². The molecule has 106 valence electrons. The molecule has 0 aliphatic rings. The highest BCUT2D eigenvalue weighted by molar-refractivity contribution is 6.30. The molecule has 2 aromatic carbocycles. The molecule has 2 aromatic rings. The summed E-state index contributed by atoms with van der Waals surface area (Å²) in [5.74, 6) is 1.48. The molecule has 0 saturated carbocycles. The van der Waals surface area contributed by atoms with Gasteiger partial charge in [0.2, 0.25) is 0 Å². The molecule has 0 amide bonds.